The topological polar surface area (TPSA) is 63.4 Å². The van der Waals surface area contributed by atoms with Gasteiger partial charge in [-0.3, -0.25) is 0 Å². The van der Waals surface area contributed by atoms with Crippen molar-refractivity contribution < 1.29 is 8.42 Å². The highest BCUT2D eigenvalue weighted by Crippen LogP contribution is 2.32. The molecule has 0 bridgehead atoms. The van der Waals surface area contributed by atoms with Crippen LogP contribution in [0.3, 0.4) is 0 Å². The summed E-state index contributed by atoms with van der Waals surface area (Å²) in [5.41, 5.74) is 6.17. The summed E-state index contributed by atoms with van der Waals surface area (Å²) in [4.78, 5) is 0.337. The van der Waals surface area contributed by atoms with Crippen LogP contribution in [0.15, 0.2) is 29.2 Å². The minimum Gasteiger partial charge on any atom is -0.399 e. The standard InChI is InChI=1S/C13H20N2O2S/c1-10(2)9-15(12-5-6-12)18(16,17)13-7-3-11(14)4-8-13/h3-4,7-8,10,12H,5-6,9,14H2,1-2H3. The fourth-order valence-corrected chi connectivity index (χ4v) is 3.79. The molecule has 0 unspecified atom stereocenters. The monoisotopic (exact) mass is 268 g/mol. The van der Waals surface area contributed by atoms with E-state index >= 15 is 0 Å². The molecule has 0 saturated heterocycles. The SMILES string of the molecule is CC(C)CN(C1CC1)S(=O)(=O)c1ccc(N)cc1. The van der Waals surface area contributed by atoms with E-state index in [1.54, 1.807) is 28.6 Å². The fraction of sp³-hybridized carbons (Fsp3) is 0.538. The number of hydrogen-bond acceptors (Lipinski definition) is 3. The van der Waals surface area contributed by atoms with Gasteiger partial charge in [-0.05, 0) is 43.0 Å². The predicted molar refractivity (Wildman–Crippen MR) is 72.6 cm³/mol. The van der Waals surface area contributed by atoms with E-state index in [4.69, 9.17) is 5.73 Å². The first-order chi connectivity index (χ1) is 8.41. The van der Waals surface area contributed by atoms with Gasteiger partial charge in [0.05, 0.1) is 4.90 Å². The highest BCUT2D eigenvalue weighted by Gasteiger charge is 2.38. The van der Waals surface area contributed by atoms with Gasteiger partial charge in [-0.1, -0.05) is 13.8 Å². The summed E-state index contributed by atoms with van der Waals surface area (Å²) in [5.74, 6) is 0.328. The molecule has 1 saturated carbocycles. The maximum Gasteiger partial charge on any atom is 0.243 e. The molecule has 1 aliphatic carbocycles. The Hall–Kier alpha value is -1.07. The van der Waals surface area contributed by atoms with Crippen molar-refractivity contribution in [2.75, 3.05) is 12.3 Å². The predicted octanol–water partition coefficient (Wildman–Crippen LogP) is 2.08. The van der Waals surface area contributed by atoms with Crippen molar-refractivity contribution in [1.29, 1.82) is 0 Å². The van der Waals surface area contributed by atoms with Gasteiger partial charge in [0.2, 0.25) is 10.0 Å². The third kappa shape index (κ3) is 2.84. The lowest BCUT2D eigenvalue weighted by Crippen LogP contribution is -2.36. The number of nitrogens with zero attached hydrogens (tertiary/aromatic N) is 1. The minimum atomic E-state index is -3.37. The Kier molecular flexibility index (Phi) is 3.64. The maximum atomic E-state index is 12.5. The van der Waals surface area contributed by atoms with E-state index in [0.717, 1.165) is 12.8 Å². The van der Waals surface area contributed by atoms with Gasteiger partial charge in [0, 0.05) is 18.3 Å². The summed E-state index contributed by atoms with van der Waals surface area (Å²) in [6.45, 7) is 4.65. The van der Waals surface area contributed by atoms with Crippen LogP contribution in [0.1, 0.15) is 26.7 Å². The zero-order valence-electron chi connectivity index (χ0n) is 10.8. The number of nitrogens with two attached hydrogens (primary N) is 1. The van der Waals surface area contributed by atoms with Crippen molar-refractivity contribution in [3.05, 3.63) is 24.3 Å². The number of nitrogen functional groups attached to an aromatic ring is 1. The van der Waals surface area contributed by atoms with Gasteiger partial charge in [-0.2, -0.15) is 4.31 Å². The zero-order chi connectivity index (χ0) is 13.3. The van der Waals surface area contributed by atoms with Crippen molar-refractivity contribution >= 4 is 15.7 Å². The Morgan fingerprint density at radius 2 is 1.83 bits per heavy atom. The lowest BCUT2D eigenvalue weighted by molar-refractivity contribution is 0.360. The van der Waals surface area contributed by atoms with Gasteiger partial charge in [-0.15, -0.1) is 0 Å². The first-order valence-electron chi connectivity index (χ1n) is 6.28. The summed E-state index contributed by atoms with van der Waals surface area (Å²) in [7, 11) is -3.37. The molecular formula is C13H20N2O2S. The van der Waals surface area contributed by atoms with E-state index in [1.165, 1.54) is 0 Å². The van der Waals surface area contributed by atoms with E-state index in [9.17, 15) is 8.42 Å². The Morgan fingerprint density at radius 1 is 1.28 bits per heavy atom. The van der Waals surface area contributed by atoms with Crippen molar-refractivity contribution in [2.24, 2.45) is 5.92 Å². The molecular weight excluding hydrogens is 248 g/mol. The second-order valence-electron chi connectivity index (χ2n) is 5.27. The second kappa shape index (κ2) is 4.90. The molecule has 1 aromatic rings. The lowest BCUT2D eigenvalue weighted by Gasteiger charge is -2.23. The molecule has 0 spiro atoms. The number of benzene rings is 1. The van der Waals surface area contributed by atoms with Crippen molar-refractivity contribution in [1.82, 2.24) is 4.31 Å². The van der Waals surface area contributed by atoms with E-state index < -0.39 is 10.0 Å². The molecule has 2 rings (SSSR count). The van der Waals surface area contributed by atoms with Crippen molar-refractivity contribution in [3.63, 3.8) is 0 Å². The average Bonchev–Trinajstić information content (AvgIpc) is 3.10. The molecule has 100 valence electrons. The van der Waals surface area contributed by atoms with E-state index in [-0.39, 0.29) is 6.04 Å². The molecule has 2 N–H and O–H groups in total. The van der Waals surface area contributed by atoms with Crippen LogP contribution in [0.2, 0.25) is 0 Å². The van der Waals surface area contributed by atoms with Gasteiger partial charge in [-0.25, -0.2) is 8.42 Å². The van der Waals surface area contributed by atoms with Gasteiger partial charge in [0.15, 0.2) is 0 Å². The van der Waals surface area contributed by atoms with Crippen LogP contribution >= 0.6 is 0 Å². The zero-order valence-corrected chi connectivity index (χ0v) is 11.7. The molecule has 1 fully saturated rings. The molecule has 1 aliphatic rings. The van der Waals surface area contributed by atoms with Crippen LogP contribution in [-0.2, 0) is 10.0 Å². The van der Waals surface area contributed by atoms with Crippen LogP contribution in [-0.4, -0.2) is 25.3 Å². The molecule has 0 amide bonds. The molecule has 0 aliphatic heterocycles. The molecule has 4 nitrogen and oxygen atoms in total. The highest BCUT2D eigenvalue weighted by atomic mass is 32.2. The second-order valence-corrected chi connectivity index (χ2v) is 7.16. The largest absolute Gasteiger partial charge is 0.399 e. The van der Waals surface area contributed by atoms with E-state index in [0.29, 0.717) is 23.0 Å². The smallest absolute Gasteiger partial charge is 0.243 e. The van der Waals surface area contributed by atoms with Crippen LogP contribution in [0.5, 0.6) is 0 Å². The quantitative estimate of drug-likeness (QED) is 0.832. The van der Waals surface area contributed by atoms with E-state index in [2.05, 4.69) is 0 Å². The molecule has 0 radical (unpaired) electrons. The van der Waals surface area contributed by atoms with Gasteiger partial charge < -0.3 is 5.73 Å². The van der Waals surface area contributed by atoms with Crippen molar-refractivity contribution in [2.45, 2.75) is 37.6 Å². The first kappa shape index (κ1) is 13.4. The number of sulfonamides is 1. The van der Waals surface area contributed by atoms with E-state index in [1.807, 2.05) is 13.8 Å². The summed E-state index contributed by atoms with van der Waals surface area (Å²) >= 11 is 0. The summed E-state index contributed by atoms with van der Waals surface area (Å²) < 4.78 is 26.7. The third-order valence-corrected chi connectivity index (χ3v) is 4.92. The Bertz CT molecular complexity index is 504. The minimum absolute atomic E-state index is 0.190. The lowest BCUT2D eigenvalue weighted by atomic mass is 10.2. The van der Waals surface area contributed by atoms with Gasteiger partial charge in [0.25, 0.3) is 0 Å². The van der Waals surface area contributed by atoms with Crippen molar-refractivity contribution in [3.8, 4) is 0 Å². The normalized spacial score (nSPS) is 16.4. The van der Waals surface area contributed by atoms with Gasteiger partial charge >= 0.3 is 0 Å². The fourth-order valence-electron chi connectivity index (χ4n) is 1.94. The highest BCUT2D eigenvalue weighted by molar-refractivity contribution is 7.89. The molecule has 0 aromatic heterocycles. The number of rotatable bonds is 5. The average molecular weight is 268 g/mol. The Labute approximate surface area is 109 Å². The number of anilines is 1. The molecule has 5 heteroatoms. The van der Waals surface area contributed by atoms with Crippen LogP contribution in [0, 0.1) is 5.92 Å². The molecule has 0 heterocycles. The van der Waals surface area contributed by atoms with Crippen LogP contribution in [0.25, 0.3) is 0 Å². The van der Waals surface area contributed by atoms with Crippen LogP contribution < -0.4 is 5.73 Å². The number of hydrogen-bond donors (Lipinski definition) is 1. The third-order valence-electron chi connectivity index (χ3n) is 2.99. The summed E-state index contributed by atoms with van der Waals surface area (Å²) in [5, 5.41) is 0. The maximum absolute atomic E-state index is 12.5. The molecule has 1 aromatic carbocycles. The summed E-state index contributed by atoms with van der Waals surface area (Å²) in [6.07, 6.45) is 1.95. The molecule has 18 heavy (non-hydrogen) atoms. The summed E-state index contributed by atoms with van der Waals surface area (Å²) in [6, 6.07) is 6.62. The first-order valence-corrected chi connectivity index (χ1v) is 7.72. The van der Waals surface area contributed by atoms with Crippen LogP contribution in [0.4, 0.5) is 5.69 Å². The van der Waals surface area contributed by atoms with Gasteiger partial charge in [0.1, 0.15) is 0 Å². The Balaban J connectivity index is 2.29. The Morgan fingerprint density at radius 3 is 2.28 bits per heavy atom. The molecule has 0 atom stereocenters.